The molecule has 0 bridgehead atoms. The van der Waals surface area contributed by atoms with Gasteiger partial charge < -0.3 is 9.39 Å². The summed E-state index contributed by atoms with van der Waals surface area (Å²) in [6.07, 6.45) is 6.79. The number of aryl methyl sites for hydroxylation is 2. The van der Waals surface area contributed by atoms with Crippen molar-refractivity contribution in [2.24, 2.45) is 22.4 Å². The molecular formula is C29H41ClFNO4S. The van der Waals surface area contributed by atoms with Gasteiger partial charge in [-0.2, -0.15) is 0 Å². The minimum Gasteiger partial charge on any atom is -0.611 e. The van der Waals surface area contributed by atoms with Gasteiger partial charge in [0, 0.05) is 29.5 Å². The normalized spacial score (nSPS) is 21.8. The number of carbonyl (C=O) groups is 2. The zero-order valence-electron chi connectivity index (χ0n) is 22.8. The Morgan fingerprint density at radius 1 is 1.22 bits per heavy atom. The molecule has 1 aliphatic rings. The number of carbonyl (C=O) groups excluding carboxylic acids is 2. The molecule has 5 nitrogen and oxygen atoms in total. The van der Waals surface area contributed by atoms with Gasteiger partial charge in [0.25, 0.3) is 0 Å². The maximum atomic E-state index is 13.7. The molecule has 206 valence electrons. The van der Waals surface area contributed by atoms with Crippen molar-refractivity contribution in [3.63, 3.8) is 0 Å². The van der Waals surface area contributed by atoms with Gasteiger partial charge in [-0.05, 0) is 80.2 Å². The quantitative estimate of drug-likeness (QED) is 0.0800. The second kappa shape index (κ2) is 15.0. The summed E-state index contributed by atoms with van der Waals surface area (Å²) in [5.41, 5.74) is 2.73. The first-order valence-corrected chi connectivity index (χ1v) is 15.0. The van der Waals surface area contributed by atoms with Gasteiger partial charge in [-0.25, -0.2) is 4.39 Å². The monoisotopic (exact) mass is 553 g/mol. The van der Waals surface area contributed by atoms with Crippen LogP contribution in [0.15, 0.2) is 33.8 Å². The fraction of sp³-hybridized carbons (Fsp3) is 0.621. The van der Waals surface area contributed by atoms with Crippen LogP contribution in [0.1, 0.15) is 83.3 Å². The second-order valence-corrected chi connectivity index (χ2v) is 12.2. The highest BCUT2D eigenvalue weighted by Crippen LogP contribution is 2.46. The van der Waals surface area contributed by atoms with E-state index >= 15 is 0 Å². The molecule has 1 atom stereocenters. The Labute approximate surface area is 229 Å². The average Bonchev–Trinajstić information content (AvgIpc) is 2.80. The molecule has 37 heavy (non-hydrogen) atoms. The van der Waals surface area contributed by atoms with Crippen LogP contribution in [0.3, 0.4) is 0 Å². The summed E-state index contributed by atoms with van der Waals surface area (Å²) in [6.45, 7) is 9.90. The Hall–Kier alpha value is -1.70. The molecule has 0 amide bonds. The van der Waals surface area contributed by atoms with Gasteiger partial charge in [0.05, 0.1) is 5.71 Å². The van der Waals surface area contributed by atoms with Gasteiger partial charge in [0.15, 0.2) is 4.90 Å². The Morgan fingerprint density at radius 2 is 1.84 bits per heavy atom. The standard InChI is InChI=1S/C29H41ClFNO4S/c1-6-7-8-11-24(32-36-14-10-13-30)27-25(33)18-29(20(2)3,19-26(27)34)12-9-15-37(35)28-21(4)16-23(31)17-22(28)5/h10,13,16-17,20,27H,6-9,11-12,14-15,18-19H2,1-5H3. The van der Waals surface area contributed by atoms with E-state index in [4.69, 9.17) is 16.4 Å². The minimum absolute atomic E-state index is 0.106. The summed E-state index contributed by atoms with van der Waals surface area (Å²) >= 11 is 4.26. The van der Waals surface area contributed by atoms with Gasteiger partial charge in [0.1, 0.15) is 35.7 Å². The topological polar surface area (TPSA) is 78.8 Å². The average molecular weight is 554 g/mol. The van der Waals surface area contributed by atoms with Crippen LogP contribution in [0.25, 0.3) is 0 Å². The molecule has 1 aromatic rings. The smallest absolute Gasteiger partial charge is 0.158 e. The highest BCUT2D eigenvalue weighted by Gasteiger charge is 2.48. The van der Waals surface area contributed by atoms with Crippen molar-refractivity contribution in [3.8, 4) is 0 Å². The first-order chi connectivity index (χ1) is 17.6. The van der Waals surface area contributed by atoms with E-state index in [-0.39, 0.29) is 42.8 Å². The van der Waals surface area contributed by atoms with E-state index in [0.717, 1.165) is 19.3 Å². The Bertz CT molecular complexity index is 953. The first kappa shape index (κ1) is 31.5. The number of halogens is 2. The SMILES string of the molecule is CCCCCC(=NOCC=CCl)C1C(=O)CC(CCC[S+]([O-])c2c(C)cc(F)cc2C)(C(C)C)CC1=O. The lowest BCUT2D eigenvalue weighted by molar-refractivity contribution is -0.139. The molecule has 1 aliphatic carbocycles. The van der Waals surface area contributed by atoms with Crippen molar-refractivity contribution >= 4 is 40.1 Å². The molecule has 8 heteroatoms. The van der Waals surface area contributed by atoms with Crippen LogP contribution in [0.4, 0.5) is 4.39 Å². The number of ketones is 2. The molecule has 0 saturated heterocycles. The molecule has 1 fully saturated rings. The molecule has 1 aromatic carbocycles. The number of benzene rings is 1. The molecule has 0 radical (unpaired) electrons. The molecule has 0 N–H and O–H groups in total. The van der Waals surface area contributed by atoms with E-state index in [2.05, 4.69) is 12.1 Å². The lowest BCUT2D eigenvalue weighted by atomic mass is 9.60. The number of rotatable bonds is 14. The van der Waals surface area contributed by atoms with E-state index in [0.29, 0.717) is 46.7 Å². The molecular weight excluding hydrogens is 513 g/mol. The number of hydrogen-bond donors (Lipinski definition) is 0. The van der Waals surface area contributed by atoms with Gasteiger partial charge in [-0.3, -0.25) is 9.59 Å². The van der Waals surface area contributed by atoms with Crippen LogP contribution in [0.2, 0.25) is 0 Å². The maximum Gasteiger partial charge on any atom is 0.158 e. The van der Waals surface area contributed by atoms with Crippen molar-refractivity contribution in [2.45, 2.75) is 90.9 Å². The number of nitrogens with zero attached hydrogens (tertiary/aromatic N) is 1. The van der Waals surface area contributed by atoms with E-state index in [1.54, 1.807) is 19.9 Å². The van der Waals surface area contributed by atoms with Crippen LogP contribution >= 0.6 is 11.6 Å². The zero-order valence-corrected chi connectivity index (χ0v) is 24.4. The summed E-state index contributed by atoms with van der Waals surface area (Å²) < 4.78 is 26.7. The van der Waals surface area contributed by atoms with Gasteiger partial charge in [0.2, 0.25) is 0 Å². The van der Waals surface area contributed by atoms with Gasteiger partial charge in [-0.1, -0.05) is 50.4 Å². The number of oxime groups is 1. The Kier molecular flexibility index (Phi) is 12.8. The van der Waals surface area contributed by atoms with Crippen molar-refractivity contribution in [1.82, 2.24) is 0 Å². The third-order valence-electron chi connectivity index (χ3n) is 7.39. The van der Waals surface area contributed by atoms with Gasteiger partial charge >= 0.3 is 0 Å². The summed E-state index contributed by atoms with van der Waals surface area (Å²) in [5, 5.41) is 4.19. The van der Waals surface area contributed by atoms with E-state index in [9.17, 15) is 18.5 Å². The van der Waals surface area contributed by atoms with Crippen LogP contribution in [-0.4, -0.2) is 34.2 Å². The van der Waals surface area contributed by atoms with E-state index in [1.807, 2.05) is 13.8 Å². The predicted molar refractivity (Wildman–Crippen MR) is 149 cm³/mol. The molecule has 0 heterocycles. The fourth-order valence-corrected chi connectivity index (χ4v) is 6.82. The number of hydrogen-bond acceptors (Lipinski definition) is 5. The molecule has 0 spiro atoms. The predicted octanol–water partition coefficient (Wildman–Crippen LogP) is 7.23. The molecule has 1 saturated carbocycles. The Morgan fingerprint density at radius 3 is 2.38 bits per heavy atom. The maximum absolute atomic E-state index is 13.7. The van der Waals surface area contributed by atoms with Crippen molar-refractivity contribution in [2.75, 3.05) is 12.4 Å². The molecule has 2 rings (SSSR count). The highest BCUT2D eigenvalue weighted by molar-refractivity contribution is 7.91. The zero-order chi connectivity index (χ0) is 27.6. The summed E-state index contributed by atoms with van der Waals surface area (Å²) in [4.78, 5) is 32.9. The van der Waals surface area contributed by atoms with Gasteiger partial charge in [-0.15, -0.1) is 0 Å². The van der Waals surface area contributed by atoms with Crippen LogP contribution in [0.5, 0.6) is 0 Å². The molecule has 1 unspecified atom stereocenters. The van der Waals surface area contributed by atoms with Crippen molar-refractivity contribution in [1.29, 1.82) is 0 Å². The Balaban J connectivity index is 2.14. The minimum atomic E-state index is -1.28. The van der Waals surface area contributed by atoms with E-state index < -0.39 is 22.5 Å². The number of unbranched alkanes of at least 4 members (excludes halogenated alkanes) is 2. The first-order valence-electron chi connectivity index (χ1n) is 13.2. The largest absolute Gasteiger partial charge is 0.611 e. The summed E-state index contributed by atoms with van der Waals surface area (Å²) in [6, 6.07) is 2.81. The van der Waals surface area contributed by atoms with Crippen LogP contribution in [0, 0.1) is 36.9 Å². The van der Waals surface area contributed by atoms with Crippen LogP contribution < -0.4 is 0 Å². The third kappa shape index (κ3) is 8.66. The fourth-order valence-electron chi connectivity index (χ4n) is 5.30. The van der Waals surface area contributed by atoms with E-state index in [1.165, 1.54) is 17.7 Å². The summed E-state index contributed by atoms with van der Waals surface area (Å²) in [7, 11) is 0. The van der Waals surface area contributed by atoms with Crippen molar-refractivity contribution < 1.29 is 23.4 Å². The highest BCUT2D eigenvalue weighted by atomic mass is 35.5. The lowest BCUT2D eigenvalue weighted by Crippen LogP contribution is -2.46. The number of Topliss-reactive ketones (excluding diaryl/α,β-unsaturated/α-hetero) is 2. The third-order valence-corrected chi connectivity index (χ3v) is 9.33. The molecule has 0 aliphatic heterocycles. The second-order valence-electron chi connectivity index (χ2n) is 10.5. The summed E-state index contributed by atoms with van der Waals surface area (Å²) in [5.74, 6) is -0.899. The molecule has 0 aromatic heterocycles. The van der Waals surface area contributed by atoms with Crippen LogP contribution in [-0.2, 0) is 25.6 Å². The van der Waals surface area contributed by atoms with Crippen molar-refractivity contribution in [3.05, 3.63) is 40.7 Å². The lowest BCUT2D eigenvalue weighted by Gasteiger charge is -2.42.